The number of rotatable bonds is 6. The van der Waals surface area contributed by atoms with Gasteiger partial charge >= 0.3 is 5.97 Å². The zero-order chi connectivity index (χ0) is 19.8. The lowest BCUT2D eigenvalue weighted by atomic mass is 10.2. The van der Waals surface area contributed by atoms with Crippen molar-refractivity contribution in [1.82, 2.24) is 5.32 Å². The molecule has 0 fully saturated rings. The van der Waals surface area contributed by atoms with Crippen LogP contribution < -0.4 is 10.6 Å². The van der Waals surface area contributed by atoms with E-state index in [1.165, 1.54) is 19.9 Å². The molecule has 0 unspecified atom stereocenters. The lowest BCUT2D eigenvalue weighted by Crippen LogP contribution is -2.33. The third-order valence-corrected chi connectivity index (χ3v) is 3.76. The van der Waals surface area contributed by atoms with Gasteiger partial charge in [0.05, 0.1) is 10.7 Å². The third-order valence-electron chi connectivity index (χ3n) is 3.43. The second-order valence-electron chi connectivity index (χ2n) is 5.67. The molecule has 0 bridgehead atoms. The summed E-state index contributed by atoms with van der Waals surface area (Å²) in [5, 5.41) is 5.38. The number of esters is 1. The standard InChI is InChI=1S/C20H19ClN2O4/c1-13(19(25)23-17-11-7-6-10-16(17)21)27-20(26)18(22-14(2)24)12-15-8-4-3-5-9-15/h3-13H,1-2H3,(H,22,24)(H,23,25)/b18-12-/t13-/m1/s1. The van der Waals surface area contributed by atoms with E-state index < -0.39 is 23.9 Å². The minimum Gasteiger partial charge on any atom is -0.448 e. The molecule has 0 saturated carbocycles. The lowest BCUT2D eigenvalue weighted by Gasteiger charge is -2.15. The maximum Gasteiger partial charge on any atom is 0.355 e. The summed E-state index contributed by atoms with van der Waals surface area (Å²) >= 11 is 6.00. The van der Waals surface area contributed by atoms with Crippen LogP contribution in [-0.4, -0.2) is 23.9 Å². The molecule has 0 aromatic heterocycles. The second kappa shape index (κ2) is 9.54. The van der Waals surface area contributed by atoms with E-state index in [4.69, 9.17) is 16.3 Å². The quantitative estimate of drug-likeness (QED) is 0.588. The number of hydrogen-bond donors (Lipinski definition) is 2. The zero-order valence-electron chi connectivity index (χ0n) is 14.9. The Bertz CT molecular complexity index is 865. The molecule has 0 spiro atoms. The summed E-state index contributed by atoms with van der Waals surface area (Å²) in [6.07, 6.45) is 0.379. The van der Waals surface area contributed by atoms with Crippen LogP contribution in [0.5, 0.6) is 0 Å². The first-order valence-corrected chi connectivity index (χ1v) is 8.55. The first-order valence-electron chi connectivity index (χ1n) is 8.17. The Hall–Kier alpha value is -3.12. The largest absolute Gasteiger partial charge is 0.448 e. The highest BCUT2D eigenvalue weighted by Gasteiger charge is 2.22. The highest BCUT2D eigenvalue weighted by Crippen LogP contribution is 2.20. The van der Waals surface area contributed by atoms with Crippen molar-refractivity contribution in [2.45, 2.75) is 20.0 Å². The van der Waals surface area contributed by atoms with E-state index in [0.717, 1.165) is 0 Å². The summed E-state index contributed by atoms with van der Waals surface area (Å²) in [4.78, 5) is 36.0. The summed E-state index contributed by atoms with van der Waals surface area (Å²) in [6, 6.07) is 15.7. The average molecular weight is 387 g/mol. The predicted molar refractivity (Wildman–Crippen MR) is 104 cm³/mol. The molecular weight excluding hydrogens is 368 g/mol. The molecule has 140 valence electrons. The van der Waals surface area contributed by atoms with Crippen molar-refractivity contribution in [2.24, 2.45) is 0 Å². The van der Waals surface area contributed by atoms with Gasteiger partial charge in [-0.25, -0.2) is 4.79 Å². The number of benzene rings is 2. The number of halogens is 1. The molecule has 6 nitrogen and oxygen atoms in total. The smallest absolute Gasteiger partial charge is 0.355 e. The Morgan fingerprint density at radius 1 is 1.04 bits per heavy atom. The molecule has 0 radical (unpaired) electrons. The van der Waals surface area contributed by atoms with Crippen molar-refractivity contribution >= 4 is 41.1 Å². The minimum atomic E-state index is -1.10. The molecular formula is C20H19ClN2O4. The Kier molecular flexibility index (Phi) is 7.14. The Labute approximate surface area is 162 Å². The van der Waals surface area contributed by atoms with Gasteiger partial charge < -0.3 is 15.4 Å². The normalized spacial score (nSPS) is 12.0. The molecule has 0 saturated heterocycles. The Morgan fingerprint density at radius 2 is 1.67 bits per heavy atom. The van der Waals surface area contributed by atoms with Crippen LogP contribution in [0, 0.1) is 0 Å². The highest BCUT2D eigenvalue weighted by molar-refractivity contribution is 6.33. The molecule has 2 aromatic rings. The summed E-state index contributed by atoms with van der Waals surface area (Å²) in [5.74, 6) is -1.79. The van der Waals surface area contributed by atoms with Crippen LogP contribution in [0.25, 0.3) is 6.08 Å². The molecule has 2 rings (SSSR count). The topological polar surface area (TPSA) is 84.5 Å². The van der Waals surface area contributed by atoms with Gasteiger partial charge in [-0.05, 0) is 30.7 Å². The SMILES string of the molecule is CC(=O)N/C(=C\c1ccccc1)C(=O)O[C@H](C)C(=O)Nc1ccccc1Cl. The fraction of sp³-hybridized carbons (Fsp3) is 0.150. The van der Waals surface area contributed by atoms with Gasteiger partial charge in [0.25, 0.3) is 5.91 Å². The van der Waals surface area contributed by atoms with Crippen LogP contribution in [0.1, 0.15) is 19.4 Å². The van der Waals surface area contributed by atoms with Crippen molar-refractivity contribution in [1.29, 1.82) is 0 Å². The number of nitrogens with one attached hydrogen (secondary N) is 2. The van der Waals surface area contributed by atoms with Crippen LogP contribution in [0.15, 0.2) is 60.3 Å². The fourth-order valence-corrected chi connectivity index (χ4v) is 2.31. The molecule has 0 heterocycles. The molecule has 7 heteroatoms. The van der Waals surface area contributed by atoms with Gasteiger partial charge in [0.1, 0.15) is 5.70 Å². The van der Waals surface area contributed by atoms with E-state index >= 15 is 0 Å². The number of anilines is 1. The number of amides is 2. The summed E-state index contributed by atoms with van der Waals surface area (Å²) in [7, 11) is 0. The van der Waals surface area contributed by atoms with E-state index in [2.05, 4.69) is 10.6 Å². The summed E-state index contributed by atoms with van der Waals surface area (Å²) in [6.45, 7) is 2.71. The third kappa shape index (κ3) is 6.27. The monoisotopic (exact) mass is 386 g/mol. The predicted octanol–water partition coefficient (Wildman–Crippen LogP) is 3.39. The van der Waals surface area contributed by atoms with E-state index in [1.807, 2.05) is 6.07 Å². The number of ether oxygens (including phenoxy) is 1. The number of para-hydroxylation sites is 1. The molecule has 2 aromatic carbocycles. The first-order chi connectivity index (χ1) is 12.9. The fourth-order valence-electron chi connectivity index (χ4n) is 2.13. The molecule has 27 heavy (non-hydrogen) atoms. The van der Waals surface area contributed by atoms with Crippen molar-refractivity contribution in [3.05, 3.63) is 70.9 Å². The van der Waals surface area contributed by atoms with Gasteiger partial charge in [-0.3, -0.25) is 9.59 Å². The van der Waals surface area contributed by atoms with Gasteiger partial charge in [0.2, 0.25) is 5.91 Å². The molecule has 0 aliphatic carbocycles. The van der Waals surface area contributed by atoms with Crippen LogP contribution in [0.3, 0.4) is 0 Å². The van der Waals surface area contributed by atoms with Crippen LogP contribution in [0.4, 0.5) is 5.69 Å². The Morgan fingerprint density at radius 3 is 2.30 bits per heavy atom. The maximum absolute atomic E-state index is 12.4. The molecule has 1 atom stereocenters. The van der Waals surface area contributed by atoms with Crippen molar-refractivity contribution in [3.63, 3.8) is 0 Å². The van der Waals surface area contributed by atoms with Gasteiger partial charge in [0.15, 0.2) is 6.10 Å². The number of hydrogen-bond acceptors (Lipinski definition) is 4. The van der Waals surface area contributed by atoms with Gasteiger partial charge in [0, 0.05) is 6.92 Å². The highest BCUT2D eigenvalue weighted by atomic mass is 35.5. The van der Waals surface area contributed by atoms with E-state index in [0.29, 0.717) is 16.3 Å². The maximum atomic E-state index is 12.4. The number of carbonyl (C=O) groups excluding carboxylic acids is 3. The minimum absolute atomic E-state index is 0.0638. The lowest BCUT2D eigenvalue weighted by molar-refractivity contribution is -0.149. The van der Waals surface area contributed by atoms with E-state index in [9.17, 15) is 14.4 Å². The van der Waals surface area contributed by atoms with Crippen LogP contribution >= 0.6 is 11.6 Å². The summed E-state index contributed by atoms with van der Waals surface area (Å²) < 4.78 is 5.18. The van der Waals surface area contributed by atoms with Crippen LogP contribution in [0.2, 0.25) is 5.02 Å². The zero-order valence-corrected chi connectivity index (χ0v) is 15.6. The summed E-state index contributed by atoms with van der Waals surface area (Å²) in [5.41, 5.74) is 1.05. The van der Waals surface area contributed by atoms with Crippen molar-refractivity contribution < 1.29 is 19.1 Å². The second-order valence-corrected chi connectivity index (χ2v) is 6.07. The molecule has 0 aliphatic heterocycles. The number of carbonyl (C=O) groups is 3. The molecule has 2 amide bonds. The van der Waals surface area contributed by atoms with E-state index in [-0.39, 0.29) is 5.70 Å². The molecule has 2 N–H and O–H groups in total. The van der Waals surface area contributed by atoms with Gasteiger partial charge in [-0.15, -0.1) is 0 Å². The Balaban J connectivity index is 2.09. The van der Waals surface area contributed by atoms with Crippen LogP contribution in [-0.2, 0) is 19.1 Å². The van der Waals surface area contributed by atoms with E-state index in [1.54, 1.807) is 48.5 Å². The van der Waals surface area contributed by atoms with Gasteiger partial charge in [-0.1, -0.05) is 54.1 Å². The van der Waals surface area contributed by atoms with Gasteiger partial charge in [-0.2, -0.15) is 0 Å². The van der Waals surface area contributed by atoms with Crippen molar-refractivity contribution in [2.75, 3.05) is 5.32 Å². The average Bonchev–Trinajstić information content (AvgIpc) is 2.63. The molecule has 0 aliphatic rings. The van der Waals surface area contributed by atoms with Crippen molar-refractivity contribution in [3.8, 4) is 0 Å². The first kappa shape index (κ1) is 20.2.